The fraction of sp³-hybridized carbons (Fsp3) is 0.500. The van der Waals surface area contributed by atoms with E-state index in [1.165, 1.54) is 6.07 Å². The summed E-state index contributed by atoms with van der Waals surface area (Å²) in [4.78, 5) is -0.122. The molecule has 0 spiro atoms. The van der Waals surface area contributed by atoms with Gasteiger partial charge in [0.05, 0.1) is 4.90 Å². The molecular formula is C12H15Cl3O3S. The predicted molar refractivity (Wildman–Crippen MR) is 79.3 cm³/mol. The van der Waals surface area contributed by atoms with E-state index in [9.17, 15) is 13.0 Å². The van der Waals surface area contributed by atoms with E-state index in [-0.39, 0.29) is 22.5 Å². The Balaban J connectivity index is 3.30. The Morgan fingerprint density at radius 3 is 2.11 bits per heavy atom. The van der Waals surface area contributed by atoms with Crippen LogP contribution in [0.2, 0.25) is 0 Å². The number of hydrogen-bond donors (Lipinski definition) is 1. The van der Waals surface area contributed by atoms with E-state index in [4.69, 9.17) is 34.8 Å². The second kappa shape index (κ2) is 6.64. The van der Waals surface area contributed by atoms with Crippen molar-refractivity contribution in [1.29, 1.82) is 0 Å². The molecular weight excluding hydrogens is 331 g/mol. The Hall–Kier alpha value is -0.000000000000000167. The third-order valence-electron chi connectivity index (χ3n) is 2.91. The number of aryl methyl sites for hydroxylation is 1. The molecule has 0 aliphatic rings. The summed E-state index contributed by atoms with van der Waals surface area (Å²) in [7, 11) is -4.28. The van der Waals surface area contributed by atoms with E-state index in [1.807, 2.05) is 6.92 Å². The molecule has 0 amide bonds. The Morgan fingerprint density at radius 1 is 1.16 bits per heavy atom. The SMILES string of the molecule is Cc1ccc(S(=O)(=O)O)c(CC(CCl)(CCl)CCl)c1. The highest BCUT2D eigenvalue weighted by Crippen LogP contribution is 2.31. The first-order valence-corrected chi connectivity index (χ1v) is 8.57. The van der Waals surface area contributed by atoms with Gasteiger partial charge in [-0.3, -0.25) is 4.55 Å². The number of halogens is 3. The van der Waals surface area contributed by atoms with Crippen molar-refractivity contribution in [3.63, 3.8) is 0 Å². The lowest BCUT2D eigenvalue weighted by molar-refractivity contribution is 0.425. The summed E-state index contributed by atoms with van der Waals surface area (Å²) in [5.41, 5.74) is 0.761. The average Bonchev–Trinajstić information content (AvgIpc) is 2.34. The molecule has 3 nitrogen and oxygen atoms in total. The van der Waals surface area contributed by atoms with Crippen LogP contribution < -0.4 is 0 Å². The molecule has 108 valence electrons. The molecule has 1 aromatic rings. The Kier molecular flexibility index (Phi) is 5.96. The molecule has 1 aromatic carbocycles. The lowest BCUT2D eigenvalue weighted by atomic mass is 9.87. The van der Waals surface area contributed by atoms with Crippen LogP contribution in [0.3, 0.4) is 0 Å². The second-order valence-corrected chi connectivity index (χ2v) is 6.86. The fourth-order valence-electron chi connectivity index (χ4n) is 1.75. The zero-order chi connectivity index (χ0) is 14.7. The minimum atomic E-state index is -4.28. The summed E-state index contributed by atoms with van der Waals surface area (Å²) in [5.74, 6) is 0.622. The molecule has 0 unspecified atom stereocenters. The van der Waals surface area contributed by atoms with Gasteiger partial charge in [-0.15, -0.1) is 34.8 Å². The maximum atomic E-state index is 11.4. The Bertz CT molecular complexity index is 531. The Morgan fingerprint density at radius 2 is 1.68 bits per heavy atom. The number of rotatable bonds is 6. The van der Waals surface area contributed by atoms with Crippen LogP contribution in [0.25, 0.3) is 0 Å². The van der Waals surface area contributed by atoms with Crippen molar-refractivity contribution < 1.29 is 13.0 Å². The third kappa shape index (κ3) is 4.23. The van der Waals surface area contributed by atoms with Crippen LogP contribution in [0.4, 0.5) is 0 Å². The zero-order valence-corrected chi connectivity index (χ0v) is 13.5. The maximum absolute atomic E-state index is 11.4. The second-order valence-electron chi connectivity index (χ2n) is 4.66. The topological polar surface area (TPSA) is 54.4 Å². The van der Waals surface area contributed by atoms with E-state index in [2.05, 4.69) is 0 Å². The van der Waals surface area contributed by atoms with Gasteiger partial charge in [0.15, 0.2) is 0 Å². The molecule has 0 aliphatic carbocycles. The smallest absolute Gasteiger partial charge is 0.282 e. The Labute approximate surface area is 128 Å². The molecule has 0 aromatic heterocycles. The lowest BCUT2D eigenvalue weighted by Gasteiger charge is -2.27. The molecule has 0 bridgehead atoms. The summed E-state index contributed by atoms with van der Waals surface area (Å²) in [5, 5.41) is 0. The molecule has 0 saturated carbocycles. The molecule has 0 atom stereocenters. The van der Waals surface area contributed by atoms with Crippen molar-refractivity contribution in [1.82, 2.24) is 0 Å². The lowest BCUT2D eigenvalue weighted by Crippen LogP contribution is -2.30. The minimum Gasteiger partial charge on any atom is -0.282 e. The quantitative estimate of drug-likeness (QED) is 0.634. The van der Waals surface area contributed by atoms with Gasteiger partial charge in [0.25, 0.3) is 10.1 Å². The van der Waals surface area contributed by atoms with Crippen LogP contribution in [-0.2, 0) is 16.5 Å². The number of alkyl halides is 3. The van der Waals surface area contributed by atoms with Crippen molar-refractivity contribution in [2.24, 2.45) is 5.41 Å². The summed E-state index contributed by atoms with van der Waals surface area (Å²) >= 11 is 17.7. The van der Waals surface area contributed by atoms with E-state index in [0.717, 1.165) is 5.56 Å². The monoisotopic (exact) mass is 344 g/mol. The van der Waals surface area contributed by atoms with Crippen molar-refractivity contribution in [3.05, 3.63) is 29.3 Å². The molecule has 7 heteroatoms. The fourth-order valence-corrected chi connectivity index (χ4v) is 3.59. The first kappa shape index (κ1) is 17.1. The highest BCUT2D eigenvalue weighted by molar-refractivity contribution is 7.85. The van der Waals surface area contributed by atoms with Gasteiger partial charge in [-0.1, -0.05) is 17.7 Å². The first-order chi connectivity index (χ1) is 8.78. The van der Waals surface area contributed by atoms with Gasteiger partial charge in [0, 0.05) is 23.1 Å². The predicted octanol–water partition coefficient (Wildman–Crippen LogP) is 3.49. The third-order valence-corrected chi connectivity index (χ3v) is 5.56. The van der Waals surface area contributed by atoms with Crippen LogP contribution >= 0.6 is 34.8 Å². The molecule has 0 saturated heterocycles. The van der Waals surface area contributed by atoms with Gasteiger partial charge >= 0.3 is 0 Å². The van der Waals surface area contributed by atoms with Crippen molar-refractivity contribution in [2.75, 3.05) is 17.6 Å². The van der Waals surface area contributed by atoms with Crippen LogP contribution in [-0.4, -0.2) is 30.6 Å². The van der Waals surface area contributed by atoms with Crippen LogP contribution in [0.1, 0.15) is 11.1 Å². The molecule has 0 fully saturated rings. The molecule has 0 radical (unpaired) electrons. The van der Waals surface area contributed by atoms with E-state index < -0.39 is 15.5 Å². The number of hydrogen-bond acceptors (Lipinski definition) is 2. The van der Waals surface area contributed by atoms with Gasteiger partial charge in [-0.25, -0.2) is 0 Å². The summed E-state index contributed by atoms with van der Waals surface area (Å²) in [6.45, 7) is 1.83. The normalized spacial score (nSPS) is 12.7. The number of benzene rings is 1. The molecule has 1 N–H and O–H groups in total. The standard InChI is InChI=1S/C12H15Cl3O3S/c1-9-2-3-11(19(16,17)18)10(4-9)5-12(6-13,7-14)8-15/h2-4H,5-8H2,1H3,(H,16,17,18). The largest absolute Gasteiger partial charge is 0.294 e. The van der Waals surface area contributed by atoms with Crippen LogP contribution in [0.15, 0.2) is 23.1 Å². The van der Waals surface area contributed by atoms with Crippen LogP contribution in [0, 0.1) is 12.3 Å². The zero-order valence-electron chi connectivity index (χ0n) is 10.4. The highest BCUT2D eigenvalue weighted by Gasteiger charge is 2.30. The summed E-state index contributed by atoms with van der Waals surface area (Å²) in [6.07, 6.45) is 0.292. The van der Waals surface area contributed by atoms with Gasteiger partial charge in [-0.2, -0.15) is 8.42 Å². The van der Waals surface area contributed by atoms with Gasteiger partial charge < -0.3 is 0 Å². The van der Waals surface area contributed by atoms with Crippen molar-refractivity contribution >= 4 is 44.9 Å². The van der Waals surface area contributed by atoms with Gasteiger partial charge in [0.1, 0.15) is 0 Å². The first-order valence-electron chi connectivity index (χ1n) is 5.53. The molecule has 1 rings (SSSR count). The molecule has 0 heterocycles. The molecule has 19 heavy (non-hydrogen) atoms. The van der Waals surface area contributed by atoms with E-state index >= 15 is 0 Å². The van der Waals surface area contributed by atoms with Gasteiger partial charge in [0.2, 0.25) is 0 Å². The van der Waals surface area contributed by atoms with E-state index in [0.29, 0.717) is 12.0 Å². The summed E-state index contributed by atoms with van der Waals surface area (Å²) < 4.78 is 32.0. The summed E-state index contributed by atoms with van der Waals surface area (Å²) in [6, 6.07) is 4.70. The van der Waals surface area contributed by atoms with Crippen molar-refractivity contribution in [3.8, 4) is 0 Å². The minimum absolute atomic E-state index is 0.122. The van der Waals surface area contributed by atoms with E-state index in [1.54, 1.807) is 12.1 Å². The average molecular weight is 346 g/mol. The highest BCUT2D eigenvalue weighted by atomic mass is 35.5. The van der Waals surface area contributed by atoms with Crippen molar-refractivity contribution in [2.45, 2.75) is 18.2 Å². The van der Waals surface area contributed by atoms with Gasteiger partial charge in [-0.05, 0) is 25.0 Å². The van der Waals surface area contributed by atoms with Crippen LogP contribution in [0.5, 0.6) is 0 Å². The molecule has 0 aliphatic heterocycles. The maximum Gasteiger partial charge on any atom is 0.294 e.